The van der Waals surface area contributed by atoms with Crippen LogP contribution < -0.4 is 4.74 Å². The van der Waals surface area contributed by atoms with Crippen LogP contribution in [0.15, 0.2) is 24.3 Å². The van der Waals surface area contributed by atoms with Crippen LogP contribution in [0.25, 0.3) is 10.4 Å². The Hall–Kier alpha value is -0.550. The van der Waals surface area contributed by atoms with Gasteiger partial charge in [0.15, 0.2) is 0 Å². The van der Waals surface area contributed by atoms with E-state index in [0.717, 1.165) is 5.75 Å². The van der Waals surface area contributed by atoms with Crippen molar-refractivity contribution in [1.29, 1.82) is 0 Å². The maximum atomic E-state index is 5.17. The van der Waals surface area contributed by atoms with E-state index in [9.17, 15) is 0 Å². The number of hydrogen-bond acceptors (Lipinski definition) is 2. The van der Waals surface area contributed by atoms with E-state index in [0.29, 0.717) is 0 Å². The number of halogens is 1. The van der Waals surface area contributed by atoms with Crippen LogP contribution in [-0.2, 0) is 0 Å². The lowest BCUT2D eigenvalue weighted by molar-refractivity contribution is 0.415. The Labute approximate surface area is 114 Å². The highest BCUT2D eigenvalue weighted by Crippen LogP contribution is 2.36. The van der Waals surface area contributed by atoms with E-state index in [1.807, 2.05) is 23.5 Å². The first kappa shape index (κ1) is 11.9. The molecule has 0 fully saturated rings. The van der Waals surface area contributed by atoms with Gasteiger partial charge in [0.05, 0.1) is 7.11 Å². The van der Waals surface area contributed by atoms with Crippen molar-refractivity contribution in [3.05, 3.63) is 38.3 Å². The third-order valence-corrected chi connectivity index (χ3v) is 5.83. The van der Waals surface area contributed by atoms with Gasteiger partial charge in [0, 0.05) is 13.3 Å². The van der Waals surface area contributed by atoms with Gasteiger partial charge in [-0.2, -0.15) is 0 Å². The molecule has 0 amide bonds. The third-order valence-electron chi connectivity index (χ3n) is 2.59. The van der Waals surface area contributed by atoms with Crippen LogP contribution in [0.4, 0.5) is 0 Å². The first-order valence-corrected chi connectivity index (χ1v) is 6.93. The Morgan fingerprint density at radius 2 is 1.75 bits per heavy atom. The summed E-state index contributed by atoms with van der Waals surface area (Å²) in [7, 11) is 1.69. The summed E-state index contributed by atoms with van der Waals surface area (Å²) in [6.07, 6.45) is 0. The monoisotopic (exact) mass is 344 g/mol. The maximum Gasteiger partial charge on any atom is 0.118 e. The van der Waals surface area contributed by atoms with Crippen LogP contribution in [0.3, 0.4) is 0 Å². The fraction of sp³-hybridized carbons (Fsp3) is 0.231. The fourth-order valence-electron chi connectivity index (χ4n) is 1.66. The molecule has 1 aromatic carbocycles. The van der Waals surface area contributed by atoms with E-state index in [-0.39, 0.29) is 0 Å². The van der Waals surface area contributed by atoms with Gasteiger partial charge in [0.2, 0.25) is 0 Å². The first-order valence-electron chi connectivity index (χ1n) is 5.03. The van der Waals surface area contributed by atoms with Crippen LogP contribution in [0.2, 0.25) is 0 Å². The second kappa shape index (κ2) is 4.75. The van der Waals surface area contributed by atoms with Crippen LogP contribution >= 0.6 is 33.9 Å². The predicted molar refractivity (Wildman–Crippen MR) is 78.5 cm³/mol. The Morgan fingerprint density at radius 3 is 2.19 bits per heavy atom. The molecular weight excluding hydrogens is 331 g/mol. The molecule has 0 aliphatic carbocycles. The molecule has 1 aromatic heterocycles. The number of rotatable bonds is 2. The van der Waals surface area contributed by atoms with Gasteiger partial charge >= 0.3 is 0 Å². The topological polar surface area (TPSA) is 9.23 Å². The molecule has 0 N–H and O–H groups in total. The lowest BCUT2D eigenvalue weighted by atomic mass is 10.1. The lowest BCUT2D eigenvalue weighted by Gasteiger charge is -2.02. The van der Waals surface area contributed by atoms with Crippen LogP contribution in [0, 0.1) is 17.4 Å². The minimum atomic E-state index is 0.907. The van der Waals surface area contributed by atoms with E-state index >= 15 is 0 Å². The quantitative estimate of drug-likeness (QED) is 0.721. The smallest absolute Gasteiger partial charge is 0.118 e. The molecule has 1 heterocycles. The molecule has 0 unspecified atom stereocenters. The SMILES string of the molecule is COc1ccc(-c2sc(C)c(I)c2C)cc1. The Bertz CT molecular complexity index is 499. The summed E-state index contributed by atoms with van der Waals surface area (Å²) < 4.78 is 6.55. The molecule has 0 saturated carbocycles. The summed E-state index contributed by atoms with van der Waals surface area (Å²) >= 11 is 4.28. The number of methoxy groups -OCH3 is 1. The van der Waals surface area contributed by atoms with Crippen molar-refractivity contribution in [2.45, 2.75) is 13.8 Å². The Balaban J connectivity index is 2.46. The zero-order valence-electron chi connectivity index (χ0n) is 9.50. The van der Waals surface area contributed by atoms with Gasteiger partial charge in [0.25, 0.3) is 0 Å². The number of ether oxygens (including phenoxy) is 1. The number of thiophene rings is 1. The molecule has 2 aromatic rings. The molecule has 1 nitrogen and oxygen atoms in total. The van der Waals surface area contributed by atoms with E-state index in [1.54, 1.807) is 7.11 Å². The van der Waals surface area contributed by atoms with Crippen molar-refractivity contribution >= 4 is 33.9 Å². The molecule has 0 aliphatic heterocycles. The van der Waals surface area contributed by atoms with Crippen LogP contribution in [-0.4, -0.2) is 7.11 Å². The van der Waals surface area contributed by atoms with Crippen molar-refractivity contribution in [3.8, 4) is 16.2 Å². The van der Waals surface area contributed by atoms with E-state index < -0.39 is 0 Å². The van der Waals surface area contributed by atoms with Gasteiger partial charge in [-0.15, -0.1) is 11.3 Å². The molecule has 84 valence electrons. The zero-order valence-corrected chi connectivity index (χ0v) is 12.5. The second-order valence-electron chi connectivity index (χ2n) is 3.65. The van der Waals surface area contributed by atoms with Crippen LogP contribution in [0.1, 0.15) is 10.4 Å². The predicted octanol–water partition coefficient (Wildman–Crippen LogP) is 4.65. The average molecular weight is 344 g/mol. The normalized spacial score (nSPS) is 10.5. The molecule has 0 atom stereocenters. The standard InChI is InChI=1S/C13H13IOS/c1-8-12(14)9(2)16-13(8)10-4-6-11(15-3)7-5-10/h4-7H,1-3H3. The second-order valence-corrected chi connectivity index (χ2v) is 5.96. The molecule has 2 rings (SSSR count). The summed E-state index contributed by atoms with van der Waals surface area (Å²) in [5.41, 5.74) is 2.66. The molecule has 0 bridgehead atoms. The number of aryl methyl sites for hydroxylation is 1. The Morgan fingerprint density at radius 1 is 1.12 bits per heavy atom. The number of hydrogen-bond donors (Lipinski definition) is 0. The zero-order chi connectivity index (χ0) is 11.7. The summed E-state index contributed by atoms with van der Waals surface area (Å²) in [6.45, 7) is 4.36. The highest BCUT2D eigenvalue weighted by atomic mass is 127. The fourth-order valence-corrected chi connectivity index (χ4v) is 3.50. The van der Waals surface area contributed by atoms with Crippen molar-refractivity contribution in [2.24, 2.45) is 0 Å². The van der Waals surface area contributed by atoms with Crippen molar-refractivity contribution in [3.63, 3.8) is 0 Å². The van der Waals surface area contributed by atoms with E-state index in [1.165, 1.54) is 24.5 Å². The molecule has 16 heavy (non-hydrogen) atoms. The maximum absolute atomic E-state index is 5.17. The highest BCUT2D eigenvalue weighted by molar-refractivity contribution is 14.1. The van der Waals surface area contributed by atoms with Crippen LogP contribution in [0.5, 0.6) is 5.75 Å². The van der Waals surface area contributed by atoms with Gasteiger partial charge in [-0.05, 0) is 71.8 Å². The summed E-state index contributed by atoms with van der Waals surface area (Å²) in [5, 5.41) is 0. The minimum absolute atomic E-state index is 0.907. The molecule has 0 aliphatic rings. The van der Waals surface area contributed by atoms with E-state index in [4.69, 9.17) is 4.74 Å². The largest absolute Gasteiger partial charge is 0.497 e. The van der Waals surface area contributed by atoms with Gasteiger partial charge in [-0.3, -0.25) is 0 Å². The third kappa shape index (κ3) is 2.11. The summed E-state index contributed by atoms with van der Waals surface area (Å²) in [5.74, 6) is 0.907. The molecular formula is C13H13IOS. The summed E-state index contributed by atoms with van der Waals surface area (Å²) in [4.78, 5) is 2.76. The number of benzene rings is 1. The summed E-state index contributed by atoms with van der Waals surface area (Å²) in [6, 6.07) is 8.26. The first-order chi connectivity index (χ1) is 7.63. The molecule has 0 radical (unpaired) electrons. The van der Waals surface area contributed by atoms with Gasteiger partial charge < -0.3 is 4.74 Å². The molecule has 3 heteroatoms. The van der Waals surface area contributed by atoms with Crippen molar-refractivity contribution in [1.82, 2.24) is 0 Å². The minimum Gasteiger partial charge on any atom is -0.497 e. The average Bonchev–Trinajstić information content (AvgIpc) is 2.57. The van der Waals surface area contributed by atoms with Gasteiger partial charge in [0.1, 0.15) is 5.75 Å². The van der Waals surface area contributed by atoms with Crippen molar-refractivity contribution < 1.29 is 4.74 Å². The lowest BCUT2D eigenvalue weighted by Crippen LogP contribution is -1.82. The van der Waals surface area contributed by atoms with Crippen molar-refractivity contribution in [2.75, 3.05) is 7.11 Å². The van der Waals surface area contributed by atoms with E-state index in [2.05, 4.69) is 48.6 Å². The van der Waals surface area contributed by atoms with Gasteiger partial charge in [-0.1, -0.05) is 0 Å². The molecule has 0 saturated heterocycles. The Kier molecular flexibility index (Phi) is 3.54. The van der Waals surface area contributed by atoms with Gasteiger partial charge in [-0.25, -0.2) is 0 Å². The highest BCUT2D eigenvalue weighted by Gasteiger charge is 2.11. The molecule has 0 spiro atoms.